The zero-order valence-corrected chi connectivity index (χ0v) is 9.46. The van der Waals surface area contributed by atoms with E-state index in [1.165, 1.54) is 0 Å². The average molecular weight is 198 g/mol. The van der Waals surface area contributed by atoms with Gasteiger partial charge in [-0.15, -0.1) is 0 Å². The van der Waals surface area contributed by atoms with Gasteiger partial charge in [-0.1, -0.05) is 13.8 Å². The molecule has 0 aromatic carbocycles. The highest BCUT2D eigenvalue weighted by Gasteiger charge is 2.16. The summed E-state index contributed by atoms with van der Waals surface area (Å²) in [5.74, 6) is 0.400. The molecule has 82 valence electrons. The van der Waals surface area contributed by atoms with E-state index in [4.69, 9.17) is 0 Å². The number of piperazine rings is 1. The lowest BCUT2D eigenvalue weighted by Gasteiger charge is -2.33. The van der Waals surface area contributed by atoms with Gasteiger partial charge in [0, 0.05) is 32.6 Å². The average Bonchev–Trinajstić information content (AvgIpc) is 2.19. The molecule has 1 saturated heterocycles. The first-order chi connectivity index (χ1) is 6.76. The highest BCUT2D eigenvalue weighted by molar-refractivity contribution is 5.80. The van der Waals surface area contributed by atoms with Crippen molar-refractivity contribution in [3.8, 4) is 0 Å². The maximum Gasteiger partial charge on any atom is 0.146 e. The first kappa shape index (κ1) is 11.7. The molecular formula is C11H22N2O. The van der Waals surface area contributed by atoms with Gasteiger partial charge in [0.25, 0.3) is 0 Å². The van der Waals surface area contributed by atoms with Crippen LogP contribution >= 0.6 is 0 Å². The van der Waals surface area contributed by atoms with Crippen LogP contribution in [-0.2, 0) is 4.79 Å². The third kappa shape index (κ3) is 3.76. The van der Waals surface area contributed by atoms with Crippen molar-refractivity contribution in [1.82, 2.24) is 9.80 Å². The van der Waals surface area contributed by atoms with Crippen LogP contribution < -0.4 is 0 Å². The van der Waals surface area contributed by atoms with Gasteiger partial charge >= 0.3 is 0 Å². The van der Waals surface area contributed by atoms with Gasteiger partial charge in [0.05, 0.1) is 6.54 Å². The lowest BCUT2D eigenvalue weighted by atomic mass is 10.2. The van der Waals surface area contributed by atoms with Crippen LogP contribution in [0.2, 0.25) is 0 Å². The summed E-state index contributed by atoms with van der Waals surface area (Å²) in [5.41, 5.74) is 0. The molecule has 1 rings (SSSR count). The second-order valence-electron chi connectivity index (χ2n) is 4.00. The highest BCUT2D eigenvalue weighted by Crippen LogP contribution is 2.02. The Bertz CT molecular complexity index is 174. The molecule has 0 saturated carbocycles. The molecule has 14 heavy (non-hydrogen) atoms. The number of nitrogens with zero attached hydrogens (tertiary/aromatic N) is 2. The van der Waals surface area contributed by atoms with Gasteiger partial charge in [-0.25, -0.2) is 0 Å². The molecule has 0 radical (unpaired) electrons. The van der Waals surface area contributed by atoms with Crippen LogP contribution in [0.25, 0.3) is 0 Å². The van der Waals surface area contributed by atoms with Crippen molar-refractivity contribution in [3.05, 3.63) is 0 Å². The minimum atomic E-state index is 0.400. The topological polar surface area (TPSA) is 23.6 Å². The van der Waals surface area contributed by atoms with Crippen molar-refractivity contribution in [2.75, 3.05) is 39.3 Å². The Morgan fingerprint density at radius 3 is 2.14 bits per heavy atom. The normalized spacial score (nSPS) is 19.9. The molecule has 1 aliphatic heterocycles. The molecule has 0 atom stereocenters. The monoisotopic (exact) mass is 198 g/mol. The molecule has 1 aliphatic rings. The Balaban J connectivity index is 2.18. The maximum absolute atomic E-state index is 11.4. The van der Waals surface area contributed by atoms with Crippen LogP contribution in [0.3, 0.4) is 0 Å². The number of carbonyl (C=O) groups is 1. The Morgan fingerprint density at radius 1 is 1.07 bits per heavy atom. The van der Waals surface area contributed by atoms with Gasteiger partial charge in [0.2, 0.25) is 0 Å². The lowest BCUT2D eigenvalue weighted by molar-refractivity contribution is -0.120. The molecule has 0 amide bonds. The molecular weight excluding hydrogens is 176 g/mol. The van der Waals surface area contributed by atoms with E-state index in [1.807, 2.05) is 0 Å². The van der Waals surface area contributed by atoms with Crippen molar-refractivity contribution < 1.29 is 4.79 Å². The van der Waals surface area contributed by atoms with E-state index in [1.54, 1.807) is 0 Å². The van der Waals surface area contributed by atoms with Crippen LogP contribution in [0.15, 0.2) is 0 Å². The molecule has 3 nitrogen and oxygen atoms in total. The number of carbonyl (C=O) groups excluding carboxylic acids is 1. The van der Waals surface area contributed by atoms with Crippen LogP contribution in [0.5, 0.6) is 0 Å². The molecule has 0 bridgehead atoms. The summed E-state index contributed by atoms with van der Waals surface area (Å²) in [6, 6.07) is 0. The van der Waals surface area contributed by atoms with Crippen molar-refractivity contribution in [2.45, 2.75) is 26.7 Å². The van der Waals surface area contributed by atoms with Gasteiger partial charge in [-0.2, -0.15) is 0 Å². The summed E-state index contributed by atoms with van der Waals surface area (Å²) in [6.45, 7) is 10.4. The SMILES string of the molecule is CCCC(=O)CN1CCN(CC)CC1. The Labute approximate surface area is 87.1 Å². The number of likely N-dealkylation sites (N-methyl/N-ethyl adjacent to an activating group) is 1. The van der Waals surface area contributed by atoms with E-state index in [2.05, 4.69) is 23.6 Å². The fraction of sp³-hybridized carbons (Fsp3) is 0.909. The van der Waals surface area contributed by atoms with E-state index in [0.29, 0.717) is 12.3 Å². The number of hydrogen-bond donors (Lipinski definition) is 0. The molecule has 0 aromatic rings. The van der Waals surface area contributed by atoms with Crippen LogP contribution in [0.4, 0.5) is 0 Å². The van der Waals surface area contributed by atoms with Crippen LogP contribution in [0.1, 0.15) is 26.7 Å². The maximum atomic E-state index is 11.4. The number of hydrogen-bond acceptors (Lipinski definition) is 3. The van der Waals surface area contributed by atoms with Crippen LogP contribution in [0, 0.1) is 0 Å². The molecule has 1 fully saturated rings. The minimum Gasteiger partial charge on any atom is -0.301 e. The molecule has 0 unspecified atom stereocenters. The molecule has 0 spiro atoms. The Hall–Kier alpha value is -0.410. The largest absolute Gasteiger partial charge is 0.301 e. The first-order valence-corrected chi connectivity index (χ1v) is 5.72. The Kier molecular flexibility index (Phi) is 5.12. The van der Waals surface area contributed by atoms with Gasteiger partial charge in [-0.05, 0) is 13.0 Å². The molecule has 0 N–H and O–H groups in total. The zero-order valence-electron chi connectivity index (χ0n) is 9.46. The van der Waals surface area contributed by atoms with Gasteiger partial charge < -0.3 is 4.90 Å². The fourth-order valence-corrected chi connectivity index (χ4v) is 1.87. The van der Waals surface area contributed by atoms with E-state index >= 15 is 0 Å². The van der Waals surface area contributed by atoms with E-state index in [-0.39, 0.29) is 0 Å². The summed E-state index contributed by atoms with van der Waals surface area (Å²) in [7, 11) is 0. The molecule has 3 heteroatoms. The van der Waals surface area contributed by atoms with E-state index < -0.39 is 0 Å². The van der Waals surface area contributed by atoms with E-state index in [9.17, 15) is 4.79 Å². The summed E-state index contributed by atoms with van der Waals surface area (Å²) in [6.07, 6.45) is 1.72. The number of Topliss-reactive ketones (excluding diaryl/α,β-unsaturated/α-hetero) is 1. The third-order valence-electron chi connectivity index (χ3n) is 2.84. The molecule has 0 aromatic heterocycles. The minimum absolute atomic E-state index is 0.400. The van der Waals surface area contributed by atoms with Crippen molar-refractivity contribution in [3.63, 3.8) is 0 Å². The van der Waals surface area contributed by atoms with Gasteiger partial charge in [0.1, 0.15) is 5.78 Å². The second-order valence-corrected chi connectivity index (χ2v) is 4.00. The Morgan fingerprint density at radius 2 is 1.64 bits per heavy atom. The highest BCUT2D eigenvalue weighted by atomic mass is 16.1. The number of ketones is 1. The van der Waals surface area contributed by atoms with Gasteiger partial charge in [0.15, 0.2) is 0 Å². The standard InChI is InChI=1S/C11H22N2O/c1-3-5-11(14)10-13-8-6-12(4-2)7-9-13/h3-10H2,1-2H3. The summed E-state index contributed by atoms with van der Waals surface area (Å²) in [4.78, 5) is 16.1. The predicted octanol–water partition coefficient (Wildman–Crippen LogP) is 0.993. The predicted molar refractivity (Wildman–Crippen MR) is 58.5 cm³/mol. The van der Waals surface area contributed by atoms with Crippen molar-refractivity contribution in [1.29, 1.82) is 0 Å². The molecule has 0 aliphatic carbocycles. The third-order valence-corrected chi connectivity index (χ3v) is 2.84. The van der Waals surface area contributed by atoms with Crippen molar-refractivity contribution in [2.24, 2.45) is 0 Å². The first-order valence-electron chi connectivity index (χ1n) is 5.72. The summed E-state index contributed by atoms with van der Waals surface area (Å²) in [5, 5.41) is 0. The fourth-order valence-electron chi connectivity index (χ4n) is 1.87. The van der Waals surface area contributed by atoms with Gasteiger partial charge in [-0.3, -0.25) is 9.69 Å². The number of rotatable bonds is 5. The van der Waals surface area contributed by atoms with Crippen LogP contribution in [-0.4, -0.2) is 54.9 Å². The zero-order chi connectivity index (χ0) is 10.4. The lowest BCUT2D eigenvalue weighted by Crippen LogP contribution is -2.47. The smallest absolute Gasteiger partial charge is 0.146 e. The second kappa shape index (κ2) is 6.14. The summed E-state index contributed by atoms with van der Waals surface area (Å²) < 4.78 is 0. The van der Waals surface area contributed by atoms with E-state index in [0.717, 1.165) is 45.6 Å². The molecule has 1 heterocycles. The quantitative estimate of drug-likeness (QED) is 0.658. The van der Waals surface area contributed by atoms with Crippen molar-refractivity contribution >= 4 is 5.78 Å². The summed E-state index contributed by atoms with van der Waals surface area (Å²) >= 11 is 0.